The summed E-state index contributed by atoms with van der Waals surface area (Å²) in [6, 6.07) is 11.1. The lowest BCUT2D eigenvalue weighted by Gasteiger charge is -2.18. The van der Waals surface area contributed by atoms with Crippen LogP contribution in [-0.4, -0.2) is 30.2 Å². The number of benzene rings is 2. The second-order valence-electron chi connectivity index (χ2n) is 8.58. The van der Waals surface area contributed by atoms with Gasteiger partial charge in [0, 0.05) is 18.0 Å². The van der Waals surface area contributed by atoms with Gasteiger partial charge in [-0.2, -0.15) is 0 Å². The average Bonchev–Trinajstić information content (AvgIpc) is 3.34. The molecule has 3 atom stereocenters. The summed E-state index contributed by atoms with van der Waals surface area (Å²) >= 11 is 12.2. The van der Waals surface area contributed by atoms with Crippen LogP contribution in [0.4, 0.5) is 11.4 Å². The van der Waals surface area contributed by atoms with Gasteiger partial charge in [-0.05, 0) is 55.3 Å². The molecule has 0 saturated carbocycles. The van der Waals surface area contributed by atoms with E-state index in [0.717, 1.165) is 0 Å². The number of amides is 3. The third-order valence-corrected chi connectivity index (χ3v) is 7.03. The number of halogens is 2. The predicted molar refractivity (Wildman–Crippen MR) is 127 cm³/mol. The Labute approximate surface area is 205 Å². The van der Waals surface area contributed by atoms with Gasteiger partial charge in [-0.1, -0.05) is 35.4 Å². The van der Waals surface area contributed by atoms with E-state index in [1.807, 2.05) is 12.2 Å². The van der Waals surface area contributed by atoms with Gasteiger partial charge >= 0.3 is 5.97 Å². The zero-order valence-corrected chi connectivity index (χ0v) is 19.5. The van der Waals surface area contributed by atoms with Crippen LogP contribution in [0.5, 0.6) is 5.75 Å². The van der Waals surface area contributed by atoms with Crippen molar-refractivity contribution in [2.24, 2.45) is 17.8 Å². The molecule has 34 heavy (non-hydrogen) atoms. The van der Waals surface area contributed by atoms with Gasteiger partial charge in [0.25, 0.3) is 0 Å². The largest absolute Gasteiger partial charge is 0.426 e. The minimum atomic E-state index is -0.667. The van der Waals surface area contributed by atoms with E-state index >= 15 is 0 Å². The normalized spacial score (nSPS) is 24.1. The maximum atomic E-state index is 12.7. The van der Waals surface area contributed by atoms with Crippen molar-refractivity contribution in [3.63, 3.8) is 0 Å². The van der Waals surface area contributed by atoms with E-state index in [1.54, 1.807) is 30.3 Å². The number of imide groups is 1. The topological polar surface area (TPSA) is 84.0 Å². The summed E-state index contributed by atoms with van der Waals surface area (Å²) in [6.45, 7) is 0.128. The van der Waals surface area contributed by atoms with Gasteiger partial charge in [0.1, 0.15) is 5.75 Å². The maximum absolute atomic E-state index is 12.7. The lowest BCUT2D eigenvalue weighted by molar-refractivity contribution is -0.139. The molecule has 0 spiro atoms. The molecule has 0 N–H and O–H groups in total. The summed E-state index contributed by atoms with van der Waals surface area (Å²) in [5, 5.41) is 0.799. The highest BCUT2D eigenvalue weighted by Gasteiger charge is 2.47. The Kier molecular flexibility index (Phi) is 5.91. The van der Waals surface area contributed by atoms with Crippen LogP contribution >= 0.6 is 23.2 Å². The van der Waals surface area contributed by atoms with Gasteiger partial charge < -0.3 is 9.64 Å². The molecule has 2 aromatic carbocycles. The van der Waals surface area contributed by atoms with Gasteiger partial charge in [0.2, 0.25) is 17.7 Å². The molecule has 0 unspecified atom stereocenters. The average molecular weight is 499 g/mol. The zero-order valence-electron chi connectivity index (χ0n) is 17.9. The summed E-state index contributed by atoms with van der Waals surface area (Å²) in [4.78, 5) is 53.4. The highest BCUT2D eigenvalue weighted by Crippen LogP contribution is 2.38. The van der Waals surface area contributed by atoms with E-state index in [4.69, 9.17) is 27.9 Å². The SMILES string of the molecule is O=C(Oc1ccc(N2C(=O)[C@@H]3CC=CC[C@H]3C2=O)cc1)[C@@H]1CC(=O)N(c2cc(Cl)ccc2Cl)C1. The van der Waals surface area contributed by atoms with E-state index in [0.29, 0.717) is 34.3 Å². The van der Waals surface area contributed by atoms with Crippen molar-refractivity contribution < 1.29 is 23.9 Å². The Hall–Kier alpha value is -3.16. The fourth-order valence-corrected chi connectivity index (χ4v) is 5.09. The highest BCUT2D eigenvalue weighted by molar-refractivity contribution is 6.36. The number of hydrogen-bond acceptors (Lipinski definition) is 5. The van der Waals surface area contributed by atoms with Crippen LogP contribution < -0.4 is 14.5 Å². The van der Waals surface area contributed by atoms with Crippen molar-refractivity contribution in [1.82, 2.24) is 0 Å². The van der Waals surface area contributed by atoms with Gasteiger partial charge in [-0.15, -0.1) is 0 Å². The maximum Gasteiger partial charge on any atom is 0.316 e. The molecule has 2 saturated heterocycles. The number of fused-ring (bicyclic) bond motifs is 1. The third-order valence-electron chi connectivity index (χ3n) is 6.48. The molecular weight excluding hydrogens is 479 g/mol. The minimum absolute atomic E-state index is 0.00659. The van der Waals surface area contributed by atoms with Crippen LogP contribution in [0, 0.1) is 17.8 Å². The Bertz CT molecular complexity index is 1200. The van der Waals surface area contributed by atoms with E-state index in [-0.39, 0.29) is 48.3 Å². The monoisotopic (exact) mass is 498 g/mol. The number of allylic oxidation sites excluding steroid dienone is 2. The number of nitrogens with zero attached hydrogens (tertiary/aromatic N) is 2. The molecule has 0 bridgehead atoms. The number of carbonyl (C=O) groups is 4. The van der Waals surface area contributed by atoms with Gasteiger partial charge in [-0.25, -0.2) is 0 Å². The Morgan fingerprint density at radius 1 is 0.912 bits per heavy atom. The lowest BCUT2D eigenvalue weighted by Crippen LogP contribution is -2.30. The number of carbonyl (C=O) groups excluding carboxylic acids is 4. The molecule has 0 radical (unpaired) electrons. The quantitative estimate of drug-likeness (QED) is 0.270. The molecular formula is C25H20Cl2N2O5. The van der Waals surface area contributed by atoms with Crippen molar-refractivity contribution in [3.8, 4) is 5.75 Å². The molecule has 2 aliphatic heterocycles. The van der Waals surface area contributed by atoms with Crippen molar-refractivity contribution in [2.75, 3.05) is 16.3 Å². The first kappa shape index (κ1) is 22.6. The Balaban J connectivity index is 1.25. The summed E-state index contributed by atoms with van der Waals surface area (Å²) in [6.07, 6.45) is 5.01. The standard InChI is InChI=1S/C25H20Cl2N2O5/c26-15-5-10-20(27)21(12-15)28-13-14(11-22(28)30)25(33)34-17-8-6-16(7-9-17)29-23(31)18-3-1-2-4-19(18)24(29)32/h1-2,5-10,12,14,18-19H,3-4,11,13H2/t14-,18-,19-/m1/s1. The summed E-state index contributed by atoms with van der Waals surface area (Å²) < 4.78 is 5.48. The third kappa shape index (κ3) is 3.99. The fourth-order valence-electron chi connectivity index (χ4n) is 4.71. The first-order valence-corrected chi connectivity index (χ1v) is 11.7. The van der Waals surface area contributed by atoms with Crippen LogP contribution in [0.15, 0.2) is 54.6 Å². The summed E-state index contributed by atoms with van der Waals surface area (Å²) in [5.74, 6) is -2.23. The molecule has 2 heterocycles. The molecule has 9 heteroatoms. The van der Waals surface area contributed by atoms with Crippen molar-refractivity contribution in [1.29, 1.82) is 0 Å². The molecule has 2 fully saturated rings. The van der Waals surface area contributed by atoms with Crippen LogP contribution in [0.1, 0.15) is 19.3 Å². The molecule has 3 aliphatic rings. The zero-order chi connectivity index (χ0) is 24.0. The molecule has 3 amide bonds. The molecule has 0 aromatic heterocycles. The fraction of sp³-hybridized carbons (Fsp3) is 0.280. The molecule has 5 rings (SSSR count). The number of hydrogen-bond donors (Lipinski definition) is 0. The Morgan fingerprint density at radius 2 is 1.56 bits per heavy atom. The Morgan fingerprint density at radius 3 is 2.21 bits per heavy atom. The number of anilines is 2. The molecule has 2 aromatic rings. The first-order chi connectivity index (χ1) is 16.3. The second-order valence-corrected chi connectivity index (χ2v) is 9.43. The lowest BCUT2D eigenvalue weighted by atomic mass is 9.85. The van der Waals surface area contributed by atoms with Gasteiger partial charge in [0.15, 0.2) is 0 Å². The van der Waals surface area contributed by atoms with E-state index in [1.165, 1.54) is 21.9 Å². The molecule has 174 valence electrons. The van der Waals surface area contributed by atoms with Gasteiger partial charge in [-0.3, -0.25) is 24.1 Å². The summed E-state index contributed by atoms with van der Waals surface area (Å²) in [7, 11) is 0. The van der Waals surface area contributed by atoms with Crippen molar-refractivity contribution >= 4 is 58.3 Å². The number of ether oxygens (including phenoxy) is 1. The van der Waals surface area contributed by atoms with Crippen molar-refractivity contribution in [3.05, 3.63) is 64.7 Å². The van der Waals surface area contributed by atoms with Crippen LogP contribution in [0.3, 0.4) is 0 Å². The first-order valence-electron chi connectivity index (χ1n) is 10.9. The smallest absolute Gasteiger partial charge is 0.316 e. The highest BCUT2D eigenvalue weighted by atomic mass is 35.5. The molecule has 7 nitrogen and oxygen atoms in total. The predicted octanol–water partition coefficient (Wildman–Crippen LogP) is 4.41. The van der Waals surface area contributed by atoms with E-state index in [2.05, 4.69) is 0 Å². The van der Waals surface area contributed by atoms with Crippen LogP contribution in [0.25, 0.3) is 0 Å². The van der Waals surface area contributed by atoms with Crippen LogP contribution in [0.2, 0.25) is 10.0 Å². The minimum Gasteiger partial charge on any atom is -0.426 e. The van der Waals surface area contributed by atoms with Gasteiger partial charge in [0.05, 0.1) is 34.2 Å². The molecule has 1 aliphatic carbocycles. The van der Waals surface area contributed by atoms with Crippen LogP contribution in [-0.2, 0) is 19.2 Å². The second kappa shape index (κ2) is 8.89. The number of esters is 1. The number of rotatable bonds is 4. The summed E-state index contributed by atoms with van der Waals surface area (Å²) in [5.41, 5.74) is 0.900. The van der Waals surface area contributed by atoms with Crippen molar-refractivity contribution in [2.45, 2.75) is 19.3 Å². The van der Waals surface area contributed by atoms with E-state index in [9.17, 15) is 19.2 Å². The van der Waals surface area contributed by atoms with E-state index < -0.39 is 11.9 Å².